The van der Waals surface area contributed by atoms with E-state index in [4.69, 9.17) is 0 Å². The second kappa shape index (κ2) is 3.10. The van der Waals surface area contributed by atoms with E-state index in [-0.39, 0.29) is 9.67 Å². The van der Waals surface area contributed by atoms with Gasteiger partial charge in [-0.3, -0.25) is 14.0 Å². The van der Waals surface area contributed by atoms with Crippen molar-refractivity contribution >= 4 is 23.0 Å². The number of aromatic amines is 2. The molecule has 2 N–H and O–H groups in total. The molecule has 0 spiro atoms. The van der Waals surface area contributed by atoms with Crippen LogP contribution in [0.15, 0.2) is 15.9 Å². The number of rotatable bonds is 1. The molecule has 0 fully saturated rings. The van der Waals surface area contributed by atoms with Gasteiger partial charge in [0.15, 0.2) is 4.77 Å². The number of aromatic nitrogens is 2. The molecule has 0 aliphatic carbocycles. The largest absolute Gasteiger partial charge is 0.338 e. The molecule has 1 aromatic heterocycles. The van der Waals surface area contributed by atoms with Crippen LogP contribution in [0, 0.1) is 4.77 Å². The summed E-state index contributed by atoms with van der Waals surface area (Å²) >= 11 is 4.64. The highest BCUT2D eigenvalue weighted by atomic mass is 32.2. The fourth-order valence-corrected chi connectivity index (χ4v) is 1.30. The summed E-state index contributed by atoms with van der Waals surface area (Å²) in [6, 6.07) is 0. The van der Waals surface area contributed by atoms with Crippen LogP contribution in [0.1, 0.15) is 0 Å². The fraction of sp³-hybridized carbons (Fsp3) is 0.200. The Morgan fingerprint density at radius 2 is 2.27 bits per heavy atom. The van der Waals surface area contributed by atoms with Gasteiger partial charge in [-0.2, -0.15) is 0 Å². The molecule has 1 aromatic rings. The van der Waals surface area contributed by atoms with Gasteiger partial charge in [0, 0.05) is 12.5 Å². The number of nitrogens with one attached hydrogen (secondary N) is 2. The summed E-state index contributed by atoms with van der Waals surface area (Å²) in [5, 5.41) is 0. The molecule has 1 atom stereocenters. The van der Waals surface area contributed by atoms with E-state index in [2.05, 4.69) is 22.2 Å². The highest BCUT2D eigenvalue weighted by Crippen LogP contribution is 1.91. The summed E-state index contributed by atoms with van der Waals surface area (Å²) in [4.78, 5) is 16.1. The van der Waals surface area contributed by atoms with Crippen molar-refractivity contribution in [3.63, 3.8) is 0 Å². The SMILES string of the molecule is CS(=O)c1c[nH]c(=S)[nH]c1=O. The zero-order valence-corrected chi connectivity index (χ0v) is 7.34. The van der Waals surface area contributed by atoms with Crippen molar-refractivity contribution in [3.05, 3.63) is 21.3 Å². The van der Waals surface area contributed by atoms with E-state index >= 15 is 0 Å². The van der Waals surface area contributed by atoms with Crippen LogP contribution in [0.5, 0.6) is 0 Å². The zero-order valence-electron chi connectivity index (χ0n) is 5.71. The molecule has 0 aromatic carbocycles. The van der Waals surface area contributed by atoms with E-state index in [1.54, 1.807) is 0 Å². The van der Waals surface area contributed by atoms with Gasteiger partial charge >= 0.3 is 0 Å². The molecule has 1 unspecified atom stereocenters. The Bertz CT molecular complexity index is 392. The van der Waals surface area contributed by atoms with Crippen LogP contribution in [0.4, 0.5) is 0 Å². The van der Waals surface area contributed by atoms with Crippen LogP contribution in [0.2, 0.25) is 0 Å². The maximum atomic E-state index is 10.9. The predicted molar refractivity (Wildman–Crippen MR) is 44.6 cm³/mol. The molecule has 0 saturated heterocycles. The van der Waals surface area contributed by atoms with Gasteiger partial charge in [0.2, 0.25) is 0 Å². The van der Waals surface area contributed by atoms with Crippen LogP contribution in [-0.4, -0.2) is 20.4 Å². The zero-order chi connectivity index (χ0) is 8.43. The standard InChI is InChI=1S/C5H6N2O2S2/c1-11(9)3-2-6-5(10)7-4(3)8/h2H,1H3,(H2,6,7,8,10). The summed E-state index contributed by atoms with van der Waals surface area (Å²) in [6.45, 7) is 0. The van der Waals surface area contributed by atoms with Gasteiger partial charge in [-0.1, -0.05) is 0 Å². The van der Waals surface area contributed by atoms with Gasteiger partial charge in [-0.25, -0.2) is 0 Å². The van der Waals surface area contributed by atoms with Crippen molar-refractivity contribution in [1.29, 1.82) is 0 Å². The number of hydrogen-bond donors (Lipinski definition) is 2. The third-order valence-corrected chi connectivity index (χ3v) is 2.24. The lowest BCUT2D eigenvalue weighted by Gasteiger charge is -1.91. The monoisotopic (exact) mass is 190 g/mol. The smallest absolute Gasteiger partial charge is 0.267 e. The summed E-state index contributed by atoms with van der Waals surface area (Å²) in [7, 11) is -1.27. The molecule has 11 heavy (non-hydrogen) atoms. The summed E-state index contributed by atoms with van der Waals surface area (Å²) in [5.41, 5.74) is -0.394. The fourth-order valence-electron chi connectivity index (χ4n) is 0.611. The van der Waals surface area contributed by atoms with Gasteiger partial charge in [0.1, 0.15) is 4.90 Å². The third kappa shape index (κ3) is 1.84. The molecule has 0 radical (unpaired) electrons. The van der Waals surface area contributed by atoms with Gasteiger partial charge in [-0.15, -0.1) is 0 Å². The van der Waals surface area contributed by atoms with E-state index in [1.807, 2.05) is 0 Å². The minimum absolute atomic E-state index is 0.207. The molecule has 1 heterocycles. The molecule has 0 bridgehead atoms. The van der Waals surface area contributed by atoms with Crippen molar-refractivity contribution in [1.82, 2.24) is 9.97 Å². The average molecular weight is 190 g/mol. The van der Waals surface area contributed by atoms with Crippen molar-refractivity contribution < 1.29 is 4.21 Å². The number of H-pyrrole nitrogens is 2. The number of hydrogen-bond acceptors (Lipinski definition) is 3. The predicted octanol–water partition coefficient (Wildman–Crippen LogP) is 0.170. The first kappa shape index (κ1) is 8.35. The molecule has 0 aliphatic rings. The second-order valence-corrected chi connectivity index (χ2v) is 3.65. The minimum atomic E-state index is -1.27. The van der Waals surface area contributed by atoms with Crippen LogP contribution < -0.4 is 5.56 Å². The van der Waals surface area contributed by atoms with Crippen molar-refractivity contribution in [2.75, 3.05) is 6.26 Å². The van der Waals surface area contributed by atoms with E-state index < -0.39 is 16.4 Å². The Morgan fingerprint density at radius 1 is 1.64 bits per heavy atom. The van der Waals surface area contributed by atoms with Crippen LogP contribution in [-0.2, 0) is 10.8 Å². The summed E-state index contributed by atoms with van der Waals surface area (Å²) in [6.07, 6.45) is 2.79. The highest BCUT2D eigenvalue weighted by molar-refractivity contribution is 7.84. The lowest BCUT2D eigenvalue weighted by molar-refractivity contribution is 0.685. The topological polar surface area (TPSA) is 65.7 Å². The van der Waals surface area contributed by atoms with Crippen LogP contribution in [0.25, 0.3) is 0 Å². The van der Waals surface area contributed by atoms with Gasteiger partial charge in [0.05, 0.1) is 10.8 Å². The van der Waals surface area contributed by atoms with E-state index in [9.17, 15) is 9.00 Å². The first-order valence-corrected chi connectivity index (χ1v) is 4.73. The van der Waals surface area contributed by atoms with Gasteiger partial charge < -0.3 is 4.98 Å². The van der Waals surface area contributed by atoms with Crippen molar-refractivity contribution in [2.24, 2.45) is 0 Å². The maximum absolute atomic E-state index is 10.9. The Kier molecular flexibility index (Phi) is 2.35. The second-order valence-electron chi connectivity index (χ2n) is 1.89. The van der Waals surface area contributed by atoms with Crippen LogP contribution in [0.3, 0.4) is 0 Å². The van der Waals surface area contributed by atoms with E-state index in [0.29, 0.717) is 0 Å². The summed E-state index contributed by atoms with van der Waals surface area (Å²) in [5.74, 6) is 0. The quantitative estimate of drug-likeness (QED) is 0.620. The third-order valence-electron chi connectivity index (χ3n) is 1.09. The first-order chi connectivity index (χ1) is 5.11. The van der Waals surface area contributed by atoms with E-state index in [0.717, 1.165) is 0 Å². The van der Waals surface area contributed by atoms with Crippen LogP contribution >= 0.6 is 12.2 Å². The Labute approximate surface area is 70.1 Å². The van der Waals surface area contributed by atoms with Crippen molar-refractivity contribution in [2.45, 2.75) is 4.90 Å². The lowest BCUT2D eigenvalue weighted by Crippen LogP contribution is -2.13. The molecule has 0 aliphatic heterocycles. The maximum Gasteiger partial charge on any atom is 0.267 e. The Hall–Kier alpha value is -0.750. The normalized spacial score (nSPS) is 12.8. The average Bonchev–Trinajstić information content (AvgIpc) is 1.85. The molecule has 0 amide bonds. The lowest BCUT2D eigenvalue weighted by atomic mass is 10.7. The Morgan fingerprint density at radius 3 is 2.73 bits per heavy atom. The molecule has 6 heteroatoms. The van der Waals surface area contributed by atoms with Gasteiger partial charge in [-0.05, 0) is 12.2 Å². The molecule has 1 rings (SSSR count). The summed E-state index contributed by atoms with van der Waals surface area (Å²) < 4.78 is 11.1. The molecular weight excluding hydrogens is 184 g/mol. The molecule has 4 nitrogen and oxygen atoms in total. The first-order valence-electron chi connectivity index (χ1n) is 2.76. The Balaban J connectivity index is 3.43. The van der Waals surface area contributed by atoms with E-state index in [1.165, 1.54) is 12.5 Å². The van der Waals surface area contributed by atoms with Crippen molar-refractivity contribution in [3.8, 4) is 0 Å². The molecule has 0 saturated carbocycles. The molecule has 60 valence electrons. The van der Waals surface area contributed by atoms with Gasteiger partial charge in [0.25, 0.3) is 5.56 Å². The highest BCUT2D eigenvalue weighted by Gasteiger charge is 2.01. The minimum Gasteiger partial charge on any atom is -0.338 e. The molecular formula is C5H6N2O2S2.